The molecule has 132 valence electrons. The van der Waals surface area contributed by atoms with E-state index < -0.39 is 0 Å². The lowest BCUT2D eigenvalue weighted by atomic mass is 10.1. The Balaban J connectivity index is 1.54. The van der Waals surface area contributed by atoms with Crippen LogP contribution in [0.4, 0.5) is 5.69 Å². The number of benzene rings is 3. The Kier molecular flexibility index (Phi) is 4.67. The molecule has 0 aromatic heterocycles. The van der Waals surface area contributed by atoms with Crippen LogP contribution in [0.5, 0.6) is 0 Å². The van der Waals surface area contributed by atoms with Crippen molar-refractivity contribution >= 4 is 23.7 Å². The lowest BCUT2D eigenvalue weighted by molar-refractivity contribution is 1.13. The van der Waals surface area contributed by atoms with Crippen molar-refractivity contribution in [2.75, 3.05) is 19.0 Å². The van der Waals surface area contributed by atoms with E-state index in [0.717, 1.165) is 22.4 Å². The Morgan fingerprint density at radius 2 is 1.26 bits per heavy atom. The van der Waals surface area contributed by atoms with Crippen molar-refractivity contribution in [3.63, 3.8) is 0 Å². The highest BCUT2D eigenvalue weighted by Gasteiger charge is 2.23. The number of fused-ring (bicyclic) bond motifs is 3. The summed E-state index contributed by atoms with van der Waals surface area (Å²) < 4.78 is 0. The van der Waals surface area contributed by atoms with Crippen LogP contribution in [0.1, 0.15) is 16.7 Å². The summed E-state index contributed by atoms with van der Waals surface area (Å²) in [6, 6.07) is 25.1. The molecule has 0 atom stereocenters. The van der Waals surface area contributed by atoms with Gasteiger partial charge >= 0.3 is 0 Å². The second-order valence-electron chi connectivity index (χ2n) is 6.65. The Labute approximate surface area is 160 Å². The van der Waals surface area contributed by atoms with Gasteiger partial charge in [-0.3, -0.25) is 0 Å². The first-order valence-corrected chi connectivity index (χ1v) is 8.98. The van der Waals surface area contributed by atoms with Crippen molar-refractivity contribution in [2.45, 2.75) is 0 Å². The predicted molar refractivity (Wildman–Crippen MR) is 116 cm³/mol. The molecule has 4 rings (SSSR count). The van der Waals surface area contributed by atoms with E-state index >= 15 is 0 Å². The van der Waals surface area contributed by atoms with E-state index in [4.69, 9.17) is 0 Å². The van der Waals surface area contributed by atoms with Gasteiger partial charge in [0.15, 0.2) is 0 Å². The molecule has 3 aromatic carbocycles. The van der Waals surface area contributed by atoms with Crippen LogP contribution in [0.3, 0.4) is 0 Å². The summed E-state index contributed by atoms with van der Waals surface area (Å²) in [4.78, 5) is 2.09. The molecule has 0 fully saturated rings. The van der Waals surface area contributed by atoms with Crippen LogP contribution in [0, 0.1) is 0 Å². The molecule has 1 aliphatic carbocycles. The van der Waals surface area contributed by atoms with Crippen LogP contribution < -0.4 is 4.90 Å². The smallest absolute Gasteiger partial charge is 0.101 e. The van der Waals surface area contributed by atoms with Gasteiger partial charge in [-0.1, -0.05) is 66.7 Å². The van der Waals surface area contributed by atoms with Gasteiger partial charge in [0.05, 0.1) is 0 Å². The minimum atomic E-state index is 0.932. The number of hydrogen-bond acceptors (Lipinski definition) is 3. The largest absolute Gasteiger partial charge is 0.378 e. The number of nitrogens with zero attached hydrogens (tertiary/aromatic N) is 3. The molecule has 3 nitrogen and oxygen atoms in total. The Morgan fingerprint density at radius 3 is 1.81 bits per heavy atom. The highest BCUT2D eigenvalue weighted by atomic mass is 15.2. The van der Waals surface area contributed by atoms with Gasteiger partial charge in [0, 0.05) is 37.1 Å². The fraction of sp³-hybridized carbons (Fsp3) is 0.0833. The summed E-state index contributed by atoms with van der Waals surface area (Å²) in [6.45, 7) is 0. The summed E-state index contributed by atoms with van der Waals surface area (Å²) in [5, 5.41) is 8.78. The lowest BCUT2D eigenvalue weighted by Crippen LogP contribution is -2.07. The van der Waals surface area contributed by atoms with Crippen LogP contribution >= 0.6 is 0 Å². The highest BCUT2D eigenvalue weighted by Crippen LogP contribution is 2.36. The SMILES string of the molecule is CN(C)c1ccc(/C=C/C=N\N=C2c3ccccc3-c3ccccc32)cc1. The number of rotatable bonds is 4. The maximum absolute atomic E-state index is 4.50. The third-order valence-electron chi connectivity index (χ3n) is 4.66. The number of allylic oxidation sites excluding steroid dienone is 1. The molecule has 0 radical (unpaired) electrons. The summed E-state index contributed by atoms with van der Waals surface area (Å²) in [5.41, 5.74) is 7.97. The van der Waals surface area contributed by atoms with E-state index in [1.54, 1.807) is 6.21 Å². The molecule has 0 heterocycles. The Bertz CT molecular complexity index is 994. The van der Waals surface area contributed by atoms with Crippen molar-refractivity contribution < 1.29 is 0 Å². The molecule has 3 heteroatoms. The maximum Gasteiger partial charge on any atom is 0.101 e. The van der Waals surface area contributed by atoms with Crippen molar-refractivity contribution in [2.24, 2.45) is 10.2 Å². The zero-order valence-electron chi connectivity index (χ0n) is 15.5. The Hall–Kier alpha value is -3.46. The molecule has 1 aliphatic rings. The van der Waals surface area contributed by atoms with Crippen LogP contribution in [0.25, 0.3) is 17.2 Å². The molecule has 0 saturated heterocycles. The topological polar surface area (TPSA) is 28.0 Å². The summed E-state index contributed by atoms with van der Waals surface area (Å²) in [5.74, 6) is 0. The highest BCUT2D eigenvalue weighted by molar-refractivity contribution is 6.24. The molecular formula is C24H21N3. The number of hydrogen-bond donors (Lipinski definition) is 0. The van der Waals surface area contributed by atoms with E-state index in [2.05, 4.69) is 75.8 Å². The molecule has 0 unspecified atom stereocenters. The molecule has 0 saturated carbocycles. The van der Waals surface area contributed by atoms with E-state index in [9.17, 15) is 0 Å². The van der Waals surface area contributed by atoms with Gasteiger partial charge in [-0.05, 0) is 34.9 Å². The predicted octanol–water partition coefficient (Wildman–Crippen LogP) is 5.27. The van der Waals surface area contributed by atoms with Gasteiger partial charge in [0.1, 0.15) is 5.71 Å². The molecule has 0 spiro atoms. The Morgan fingerprint density at radius 1 is 0.704 bits per heavy atom. The van der Waals surface area contributed by atoms with Gasteiger partial charge < -0.3 is 4.90 Å². The molecular weight excluding hydrogens is 330 g/mol. The van der Waals surface area contributed by atoms with Crippen molar-refractivity contribution in [3.05, 3.63) is 95.6 Å². The molecule has 3 aromatic rings. The van der Waals surface area contributed by atoms with Gasteiger partial charge in [-0.15, -0.1) is 5.10 Å². The van der Waals surface area contributed by atoms with E-state index in [-0.39, 0.29) is 0 Å². The normalized spacial score (nSPS) is 12.4. The first-order valence-electron chi connectivity index (χ1n) is 8.98. The summed E-state index contributed by atoms with van der Waals surface area (Å²) >= 11 is 0. The lowest BCUT2D eigenvalue weighted by Gasteiger charge is -2.11. The summed E-state index contributed by atoms with van der Waals surface area (Å²) in [6.07, 6.45) is 5.68. The third kappa shape index (κ3) is 3.44. The number of anilines is 1. The van der Waals surface area contributed by atoms with Gasteiger partial charge in [0.2, 0.25) is 0 Å². The van der Waals surface area contributed by atoms with Crippen LogP contribution in [-0.2, 0) is 0 Å². The van der Waals surface area contributed by atoms with E-state index in [0.29, 0.717) is 0 Å². The van der Waals surface area contributed by atoms with Crippen LogP contribution in [0.15, 0.2) is 89.1 Å². The van der Waals surface area contributed by atoms with Gasteiger partial charge in [-0.2, -0.15) is 5.10 Å². The monoisotopic (exact) mass is 351 g/mol. The van der Waals surface area contributed by atoms with Crippen LogP contribution in [-0.4, -0.2) is 26.0 Å². The molecule has 0 aliphatic heterocycles. The average molecular weight is 351 g/mol. The zero-order chi connectivity index (χ0) is 18.6. The summed E-state index contributed by atoms with van der Waals surface area (Å²) in [7, 11) is 4.08. The third-order valence-corrected chi connectivity index (χ3v) is 4.66. The van der Waals surface area contributed by atoms with Crippen molar-refractivity contribution in [3.8, 4) is 11.1 Å². The second-order valence-corrected chi connectivity index (χ2v) is 6.65. The van der Waals surface area contributed by atoms with Crippen LogP contribution in [0.2, 0.25) is 0 Å². The van der Waals surface area contributed by atoms with E-state index in [1.807, 2.05) is 38.4 Å². The molecule has 27 heavy (non-hydrogen) atoms. The first-order chi connectivity index (χ1) is 13.2. The molecule has 0 amide bonds. The second kappa shape index (κ2) is 7.42. The zero-order valence-corrected chi connectivity index (χ0v) is 15.5. The standard InChI is InChI=1S/C24H21N3/c1-27(2)19-15-13-18(14-16-19)8-7-17-25-26-24-22-11-5-3-9-20(22)21-10-4-6-12-23(21)24/h3-17H,1-2H3/b8-7+,25-17-. The first kappa shape index (κ1) is 17.0. The van der Waals surface area contributed by atoms with Gasteiger partial charge in [0.25, 0.3) is 0 Å². The van der Waals surface area contributed by atoms with Crippen molar-refractivity contribution in [1.29, 1.82) is 0 Å². The van der Waals surface area contributed by atoms with Crippen molar-refractivity contribution in [1.82, 2.24) is 0 Å². The maximum atomic E-state index is 4.50. The molecule has 0 bridgehead atoms. The fourth-order valence-corrected chi connectivity index (χ4v) is 3.27. The minimum absolute atomic E-state index is 0.932. The average Bonchev–Trinajstić information content (AvgIpc) is 3.02. The fourth-order valence-electron chi connectivity index (χ4n) is 3.27. The van der Waals surface area contributed by atoms with Gasteiger partial charge in [-0.25, -0.2) is 0 Å². The van der Waals surface area contributed by atoms with E-state index in [1.165, 1.54) is 16.8 Å². The molecule has 0 N–H and O–H groups in total. The minimum Gasteiger partial charge on any atom is -0.378 e. The quantitative estimate of drug-likeness (QED) is 0.364.